The van der Waals surface area contributed by atoms with Crippen LogP contribution < -0.4 is 26.6 Å². The Kier molecular flexibility index (Phi) is 33.7. The number of thiazole rings is 1. The van der Waals surface area contributed by atoms with Gasteiger partial charge in [0.15, 0.2) is 0 Å². The molecule has 1 unspecified atom stereocenters. The minimum absolute atomic E-state index is 0.0139. The predicted octanol–water partition coefficient (Wildman–Crippen LogP) is 2.92. The lowest BCUT2D eigenvalue weighted by atomic mass is 9.91. The van der Waals surface area contributed by atoms with Crippen molar-refractivity contribution < 1.29 is 72.5 Å². The van der Waals surface area contributed by atoms with Crippen LogP contribution in [0.4, 0.5) is 4.79 Å². The topological polar surface area (TPSA) is 350 Å². The first-order valence-electron chi connectivity index (χ1n) is 34.5. The summed E-state index contributed by atoms with van der Waals surface area (Å²) < 4.78 is 5.80. The number of amides is 12. The van der Waals surface area contributed by atoms with Gasteiger partial charge in [-0.3, -0.25) is 52.7 Å². The number of carbonyl (C=O) groups is 12. The summed E-state index contributed by atoms with van der Waals surface area (Å²) >= 11 is 1.43. The number of aromatic nitrogens is 1. The summed E-state index contributed by atoms with van der Waals surface area (Å²) in [6.07, 6.45) is 0.596. The Labute approximate surface area is 584 Å². The fourth-order valence-corrected chi connectivity index (χ4v) is 13.0. The van der Waals surface area contributed by atoms with E-state index in [1.807, 2.05) is 55.4 Å². The second kappa shape index (κ2) is 38.9. The van der Waals surface area contributed by atoms with Crippen LogP contribution in [0, 0.1) is 41.4 Å². The Balaban J connectivity index is 2.31. The molecule has 1 saturated heterocycles. The quantitative estimate of drug-likeness (QED) is 0.104. The Bertz CT molecular complexity index is 2940. The van der Waals surface area contributed by atoms with Crippen LogP contribution in [0.2, 0.25) is 0 Å². The number of ether oxygens (including phenoxy) is 1. The molecule has 14 atom stereocenters. The first-order chi connectivity index (χ1) is 45.6. The van der Waals surface area contributed by atoms with Gasteiger partial charge in [-0.2, -0.15) is 0 Å². The van der Waals surface area contributed by atoms with Crippen molar-refractivity contribution in [2.24, 2.45) is 41.4 Å². The zero-order valence-corrected chi connectivity index (χ0v) is 63.0. The number of aliphatic hydroxyl groups excluding tert-OH is 2. The van der Waals surface area contributed by atoms with Crippen LogP contribution in [0.1, 0.15) is 160 Å². The summed E-state index contributed by atoms with van der Waals surface area (Å²) in [5, 5.41) is 37.1. The molecule has 0 spiro atoms. The van der Waals surface area contributed by atoms with Crippen molar-refractivity contribution in [2.45, 2.75) is 235 Å². The van der Waals surface area contributed by atoms with Gasteiger partial charge in [-0.05, 0) is 108 Å². The third-order valence-corrected chi connectivity index (χ3v) is 19.0. The molecule has 1 aromatic rings. The third-order valence-electron chi connectivity index (χ3n) is 18.1. The highest BCUT2D eigenvalue weighted by Crippen LogP contribution is 2.26. The number of aliphatic hydroxyl groups is 2. The van der Waals surface area contributed by atoms with Crippen molar-refractivity contribution in [3.8, 4) is 0 Å². The second-order valence-electron chi connectivity index (χ2n) is 29.1. The molecule has 2 aliphatic rings. The Morgan fingerprint density at radius 3 is 1.56 bits per heavy atom. The lowest BCUT2D eigenvalue weighted by Gasteiger charge is -2.40. The van der Waals surface area contributed by atoms with E-state index in [9.17, 15) is 53.4 Å². The first kappa shape index (κ1) is 85.0. The summed E-state index contributed by atoms with van der Waals surface area (Å²) in [6.45, 7) is 26.9. The average Bonchev–Trinajstić information content (AvgIpc) is 0.967. The Morgan fingerprint density at radius 2 is 1.05 bits per heavy atom. The van der Waals surface area contributed by atoms with Crippen LogP contribution >= 0.6 is 11.3 Å². The van der Waals surface area contributed by atoms with Crippen molar-refractivity contribution >= 4 is 82.4 Å². The summed E-state index contributed by atoms with van der Waals surface area (Å²) in [4.78, 5) is 189. The number of nitrogens with zero attached hydrogens (tertiary/aromatic N) is 8. The van der Waals surface area contributed by atoms with E-state index < -0.39 is 168 Å². The van der Waals surface area contributed by atoms with Crippen molar-refractivity contribution in [2.75, 3.05) is 62.0 Å². The first-order valence-corrected chi connectivity index (χ1v) is 35.4. The molecule has 1 fully saturated rings. The zero-order valence-electron chi connectivity index (χ0n) is 62.2. The molecule has 2 aliphatic heterocycles. The van der Waals surface area contributed by atoms with E-state index >= 15 is 14.4 Å². The largest absolute Gasteiger partial charge is 0.449 e. The number of nitrogens with one attached hydrogen (secondary N) is 5. The van der Waals surface area contributed by atoms with E-state index in [2.05, 4.69) is 31.6 Å². The van der Waals surface area contributed by atoms with E-state index in [4.69, 9.17) is 4.74 Å². The highest BCUT2D eigenvalue weighted by molar-refractivity contribution is 7.09. The predicted molar refractivity (Wildman–Crippen MR) is 372 cm³/mol. The zero-order chi connectivity index (χ0) is 74.7. The molecule has 0 aromatic carbocycles. The maximum Gasteiger partial charge on any atom is 0.410 e. The summed E-state index contributed by atoms with van der Waals surface area (Å²) in [7, 11) is 8.02. The lowest BCUT2D eigenvalue weighted by Crippen LogP contribution is -2.64. The van der Waals surface area contributed by atoms with Crippen molar-refractivity contribution in [1.82, 2.24) is 65.9 Å². The number of rotatable bonds is 18. The van der Waals surface area contributed by atoms with Gasteiger partial charge in [0, 0.05) is 60.1 Å². The van der Waals surface area contributed by atoms with Crippen molar-refractivity contribution in [3.05, 3.63) is 28.2 Å². The molecular weight excluding hydrogens is 1280 g/mol. The van der Waals surface area contributed by atoms with Crippen molar-refractivity contribution in [3.63, 3.8) is 0 Å². The lowest BCUT2D eigenvalue weighted by molar-refractivity contribution is -0.155. The number of likely N-dealkylation sites (N-methyl/N-ethyl adjacent to an activating group) is 6. The molecule has 98 heavy (non-hydrogen) atoms. The van der Waals surface area contributed by atoms with Crippen LogP contribution in [-0.2, 0) is 70.4 Å². The average molecular weight is 1400 g/mol. The molecule has 12 amide bonds. The van der Waals surface area contributed by atoms with Gasteiger partial charge in [0.05, 0.1) is 43.1 Å². The van der Waals surface area contributed by atoms with Crippen LogP contribution in [0.5, 0.6) is 0 Å². The molecule has 3 heterocycles. The van der Waals surface area contributed by atoms with Gasteiger partial charge in [-0.25, -0.2) is 9.78 Å². The number of hydrogen-bond acceptors (Lipinski definition) is 17. The number of allylic oxidation sites excluding steroid dienone is 2. The normalized spacial score (nSPS) is 26.1. The summed E-state index contributed by atoms with van der Waals surface area (Å²) in [6, 6.07) is -14.0. The fourth-order valence-electron chi connectivity index (χ4n) is 12.2. The molecule has 7 N–H and O–H groups in total. The molecule has 0 bridgehead atoms. The second-order valence-corrected chi connectivity index (χ2v) is 30.0. The molecule has 0 saturated carbocycles. The summed E-state index contributed by atoms with van der Waals surface area (Å²) in [5.41, 5.74) is 2.63. The maximum absolute atomic E-state index is 15.3. The number of carbonyl (C=O) groups excluding carboxylic acids is 12. The number of hydrogen-bond donors (Lipinski definition) is 7. The van der Waals surface area contributed by atoms with Crippen LogP contribution in [-0.4, -0.2) is 255 Å². The Hall–Kier alpha value is -7.27. The molecular formula is C69H117N13O15S. The molecule has 1 aromatic heterocycles. The monoisotopic (exact) mass is 1400 g/mol. The maximum atomic E-state index is 15.3. The fraction of sp³-hybridized carbons (Fsp3) is 0.754. The van der Waals surface area contributed by atoms with E-state index in [1.165, 1.54) is 79.3 Å². The number of fused-ring (bicyclic) bond motifs is 1. The van der Waals surface area contributed by atoms with Crippen molar-refractivity contribution in [1.29, 1.82) is 0 Å². The van der Waals surface area contributed by atoms with Gasteiger partial charge in [0.25, 0.3) is 0 Å². The van der Waals surface area contributed by atoms with Gasteiger partial charge in [0.2, 0.25) is 65.0 Å². The smallest absolute Gasteiger partial charge is 0.410 e. The molecule has 0 radical (unpaired) electrons. The van der Waals surface area contributed by atoms with Crippen LogP contribution in [0.25, 0.3) is 0 Å². The molecule has 0 aliphatic carbocycles. The van der Waals surface area contributed by atoms with E-state index in [1.54, 1.807) is 57.2 Å². The van der Waals surface area contributed by atoms with E-state index in [0.29, 0.717) is 19.5 Å². The van der Waals surface area contributed by atoms with E-state index in [0.717, 1.165) is 35.1 Å². The SMILES string of the molecule is C/C=C/C[C@@H](C)[C@@H](O)[C@H]1C(=O)N[C@@H](C(C)O)C(=O)N(C)CC(=O)N(C)[C@@H](CC(C)C)C(=O)N[C@@H](CC(C)C)C(=O)N(C)[C@@H](CC(C)C)C(=O)N[C@@H](C)C(=O)N[C@H](C)C(=O)N(C)[C@@H](C[C@H](C)COC(=O)N2CCc3ncsc3C2)C(=O)N[C@@H](CC(C)C)C(=O)N(C)[C@@H](C(C)C)C(=O)N1C. The summed E-state index contributed by atoms with van der Waals surface area (Å²) in [5.74, 6) is -11.6. The molecule has 29 heteroatoms. The molecule has 28 nitrogen and oxygen atoms in total. The van der Waals surface area contributed by atoms with Gasteiger partial charge in [0.1, 0.15) is 60.4 Å². The van der Waals surface area contributed by atoms with Gasteiger partial charge < -0.3 is 75.8 Å². The minimum atomic E-state index is -1.78. The van der Waals surface area contributed by atoms with Crippen LogP contribution in [0.3, 0.4) is 0 Å². The van der Waals surface area contributed by atoms with Gasteiger partial charge in [-0.1, -0.05) is 95.2 Å². The van der Waals surface area contributed by atoms with Gasteiger partial charge >= 0.3 is 6.09 Å². The highest BCUT2D eigenvalue weighted by atomic mass is 32.1. The van der Waals surface area contributed by atoms with Gasteiger partial charge in [-0.15, -0.1) is 11.3 Å². The van der Waals surface area contributed by atoms with Crippen LogP contribution in [0.15, 0.2) is 17.7 Å². The highest BCUT2D eigenvalue weighted by Gasteiger charge is 2.45. The molecule has 554 valence electrons. The third kappa shape index (κ3) is 24.0. The van der Waals surface area contributed by atoms with E-state index in [-0.39, 0.29) is 68.8 Å². The standard InChI is InChI=1S/C69H117N13O15S/c1-23-24-25-43(13)58(85)57-63(90)75-55(46(16)83)67(94)76(17)34-54(84)77(18)50(30-39(6)7)61(88)73-48(28-37(2)3)65(92)79(20)51(31-40(8)9)60(87)71-44(14)59(86)72-45(15)64(91)78(19)52(32-42(12)35-97-69(96)82-27-26-47-53(33-82)98-36-70-47)62(89)74-49(29-38(4)5)66(93)80(21)56(41(10)11)68(95)81(57)22/h23-24,36-46,48-52,55-58,83,85H,25-35H2,1-22H3,(H,71,87)(H,72,86)(H,73,88)(H,74,89)(H,75,90)/b24-23+/t42-,43+,44-,45+,46?,48-,49-,50-,51-,52-,55-,56-,57-,58+/m0/s1. The minimum Gasteiger partial charge on any atom is -0.449 e. The Morgan fingerprint density at radius 1 is 0.571 bits per heavy atom. The molecule has 3 rings (SSSR count).